The lowest BCUT2D eigenvalue weighted by Crippen LogP contribution is -2.60. The molecule has 35 heavy (non-hydrogen) atoms. The zero-order chi connectivity index (χ0) is 24.7. The fourth-order valence-corrected chi connectivity index (χ4v) is 6.17. The molecule has 3 aliphatic heterocycles. The van der Waals surface area contributed by atoms with Crippen LogP contribution in [-0.4, -0.2) is 81.7 Å². The summed E-state index contributed by atoms with van der Waals surface area (Å²) in [6, 6.07) is 8.52. The van der Waals surface area contributed by atoms with Crippen LogP contribution >= 0.6 is 0 Å². The lowest BCUT2D eigenvalue weighted by atomic mass is 9.94. The molecule has 2 bridgehead atoms. The summed E-state index contributed by atoms with van der Waals surface area (Å²) in [5.74, 6) is 0.342. The topological polar surface area (TPSA) is 115 Å². The number of fused-ring (bicyclic) bond motifs is 3. The van der Waals surface area contributed by atoms with E-state index in [0.29, 0.717) is 37.7 Å². The molecule has 5 atom stereocenters. The van der Waals surface area contributed by atoms with Crippen LogP contribution in [0, 0.1) is 0 Å². The van der Waals surface area contributed by atoms with E-state index in [4.69, 9.17) is 15.2 Å². The summed E-state index contributed by atoms with van der Waals surface area (Å²) in [7, 11) is 0. The summed E-state index contributed by atoms with van der Waals surface area (Å²) in [5.41, 5.74) is 6.45. The van der Waals surface area contributed by atoms with E-state index < -0.39 is 6.09 Å². The molecule has 3 saturated heterocycles. The summed E-state index contributed by atoms with van der Waals surface area (Å²) in [6.07, 6.45) is 3.41. The van der Waals surface area contributed by atoms with Gasteiger partial charge in [0.1, 0.15) is 0 Å². The molecule has 0 saturated carbocycles. The Balaban J connectivity index is 1.21. The monoisotopic (exact) mass is 484 g/mol. The van der Waals surface area contributed by atoms with Crippen molar-refractivity contribution in [1.29, 1.82) is 0 Å². The normalized spacial score (nSPS) is 27.8. The highest BCUT2D eigenvalue weighted by atomic mass is 16.6. The number of rotatable bonds is 5. The van der Waals surface area contributed by atoms with Crippen molar-refractivity contribution in [3.05, 3.63) is 24.3 Å². The van der Waals surface area contributed by atoms with Gasteiger partial charge in [0, 0.05) is 36.8 Å². The Kier molecular flexibility index (Phi) is 6.59. The molecular formula is C25H36N6O4. The molecule has 3 aliphatic rings. The number of hydrogen-bond donors (Lipinski definition) is 2. The second kappa shape index (κ2) is 9.66. The van der Waals surface area contributed by atoms with Gasteiger partial charge in [-0.25, -0.2) is 9.59 Å². The molecule has 2 aromatic rings. The molecule has 3 unspecified atom stereocenters. The Morgan fingerprint density at radius 2 is 1.89 bits per heavy atom. The zero-order valence-corrected chi connectivity index (χ0v) is 20.7. The Morgan fingerprint density at radius 1 is 1.17 bits per heavy atom. The molecule has 10 nitrogen and oxygen atoms in total. The van der Waals surface area contributed by atoms with Crippen molar-refractivity contribution >= 4 is 23.0 Å². The third-order valence-corrected chi connectivity index (χ3v) is 7.78. The van der Waals surface area contributed by atoms with Gasteiger partial charge in [-0.1, -0.05) is 12.1 Å². The molecular weight excluding hydrogens is 448 g/mol. The van der Waals surface area contributed by atoms with Crippen LogP contribution in [-0.2, 0) is 4.74 Å². The zero-order valence-electron chi connectivity index (χ0n) is 20.7. The minimum atomic E-state index is -0.456. The average molecular weight is 485 g/mol. The van der Waals surface area contributed by atoms with E-state index in [1.165, 1.54) is 0 Å². The van der Waals surface area contributed by atoms with Crippen molar-refractivity contribution in [2.75, 3.05) is 19.7 Å². The fourth-order valence-electron chi connectivity index (χ4n) is 6.17. The molecule has 3 amide bonds. The van der Waals surface area contributed by atoms with Crippen molar-refractivity contribution in [3.8, 4) is 5.88 Å². The van der Waals surface area contributed by atoms with Crippen molar-refractivity contribution < 1.29 is 19.1 Å². The second-order valence-electron chi connectivity index (χ2n) is 10.3. The van der Waals surface area contributed by atoms with Crippen LogP contribution in [0.3, 0.4) is 0 Å². The van der Waals surface area contributed by atoms with Crippen LogP contribution in [0.5, 0.6) is 5.88 Å². The molecule has 10 heteroatoms. The van der Waals surface area contributed by atoms with Gasteiger partial charge in [-0.2, -0.15) is 0 Å². The molecule has 0 spiro atoms. The molecule has 5 rings (SSSR count). The van der Waals surface area contributed by atoms with E-state index in [1.807, 2.05) is 28.9 Å². The molecule has 1 aromatic heterocycles. The lowest BCUT2D eigenvalue weighted by molar-refractivity contribution is -0.0732. The summed E-state index contributed by atoms with van der Waals surface area (Å²) < 4.78 is 13.6. The summed E-state index contributed by atoms with van der Waals surface area (Å²) in [5, 5.41) is 8.47. The lowest BCUT2D eigenvalue weighted by Gasteiger charge is -2.46. The van der Waals surface area contributed by atoms with E-state index in [2.05, 4.69) is 36.1 Å². The highest BCUT2D eigenvalue weighted by Crippen LogP contribution is 2.38. The largest absolute Gasteiger partial charge is 0.414 e. The number of aromatic nitrogens is 2. The van der Waals surface area contributed by atoms with Gasteiger partial charge in [-0.05, 0) is 58.6 Å². The predicted octanol–water partition coefficient (Wildman–Crippen LogP) is 2.87. The van der Waals surface area contributed by atoms with E-state index in [-0.39, 0.29) is 30.3 Å². The molecule has 190 valence electrons. The van der Waals surface area contributed by atoms with E-state index in [9.17, 15) is 9.59 Å². The molecule has 3 fully saturated rings. The Labute approximate surface area is 205 Å². The number of benzene rings is 1. The number of piperidine rings is 1. The first-order valence-corrected chi connectivity index (χ1v) is 12.7. The first-order chi connectivity index (χ1) is 16.8. The van der Waals surface area contributed by atoms with Gasteiger partial charge in [-0.15, -0.1) is 5.10 Å². The fraction of sp³-hybridized carbons (Fsp3) is 0.640. The summed E-state index contributed by atoms with van der Waals surface area (Å²) >= 11 is 0. The third kappa shape index (κ3) is 4.69. The average Bonchev–Trinajstić information content (AvgIpc) is 3.33. The van der Waals surface area contributed by atoms with E-state index >= 15 is 0 Å². The molecule has 3 N–H and O–H groups in total. The maximum Gasteiger partial charge on any atom is 0.414 e. The number of urea groups is 1. The highest BCUT2D eigenvalue weighted by Gasteiger charge is 2.46. The van der Waals surface area contributed by atoms with E-state index in [0.717, 1.165) is 36.6 Å². The maximum absolute atomic E-state index is 12.8. The number of carbonyl (C=O) groups is 2. The number of hydrogen-bond acceptors (Lipinski definition) is 6. The number of para-hydroxylation sites is 1. The third-order valence-electron chi connectivity index (χ3n) is 7.78. The minimum Gasteiger partial charge on any atom is -0.389 e. The molecule has 0 radical (unpaired) electrons. The van der Waals surface area contributed by atoms with Crippen LogP contribution in [0.2, 0.25) is 0 Å². The smallest absolute Gasteiger partial charge is 0.389 e. The van der Waals surface area contributed by atoms with Gasteiger partial charge in [-0.3, -0.25) is 9.58 Å². The molecule has 1 aromatic carbocycles. The van der Waals surface area contributed by atoms with Crippen LogP contribution < -0.4 is 15.8 Å². The van der Waals surface area contributed by atoms with E-state index in [1.54, 1.807) is 4.90 Å². The Hall–Kier alpha value is -2.85. The van der Waals surface area contributed by atoms with Gasteiger partial charge in [0.25, 0.3) is 5.88 Å². The van der Waals surface area contributed by atoms with Crippen LogP contribution in [0.25, 0.3) is 10.9 Å². The first kappa shape index (κ1) is 23.9. The molecule has 0 aliphatic carbocycles. The molecule has 4 heterocycles. The minimum absolute atomic E-state index is 0.0521. The standard InChI is InChI=1S/C25H36N6O4/c1-15(2)31-21-7-5-4-6-20(21)23(28-31)35-25(33)27-17-12-18-8-9-19(13-17)30(18)16(3)22-14-29(24(26)32)10-11-34-22/h4-7,15-19,22H,8-14H2,1-3H3,(H2,26,32)(H,27,33)/t16?,17?,18-,19+,22?. The Bertz CT molecular complexity index is 1070. The SMILES string of the molecule is CC(C1CN(C(N)=O)CCO1)N1[C@@H]2CC[C@H]1CC(NC(=O)Oc1nn(C(C)C)c3ccccc13)C2. The van der Waals surface area contributed by atoms with Gasteiger partial charge in [0.15, 0.2) is 0 Å². The number of morpholine rings is 1. The number of ether oxygens (including phenoxy) is 2. The second-order valence-corrected chi connectivity index (χ2v) is 10.3. The maximum atomic E-state index is 12.8. The number of amides is 3. The quantitative estimate of drug-likeness (QED) is 0.674. The van der Waals surface area contributed by atoms with Crippen molar-refractivity contribution in [2.45, 2.75) is 82.8 Å². The van der Waals surface area contributed by atoms with Crippen LogP contribution in [0.1, 0.15) is 52.5 Å². The van der Waals surface area contributed by atoms with Gasteiger partial charge in [0.05, 0.1) is 30.2 Å². The van der Waals surface area contributed by atoms with Gasteiger partial charge < -0.3 is 25.4 Å². The van der Waals surface area contributed by atoms with Crippen molar-refractivity contribution in [3.63, 3.8) is 0 Å². The first-order valence-electron chi connectivity index (χ1n) is 12.7. The summed E-state index contributed by atoms with van der Waals surface area (Å²) in [6.45, 7) is 7.87. The van der Waals surface area contributed by atoms with Crippen molar-refractivity contribution in [1.82, 2.24) is 24.9 Å². The van der Waals surface area contributed by atoms with Crippen LogP contribution in [0.15, 0.2) is 24.3 Å². The summed E-state index contributed by atoms with van der Waals surface area (Å²) in [4.78, 5) is 28.7. The predicted molar refractivity (Wildman–Crippen MR) is 131 cm³/mol. The van der Waals surface area contributed by atoms with Gasteiger partial charge >= 0.3 is 12.1 Å². The number of carbonyl (C=O) groups excluding carboxylic acids is 2. The number of nitrogens with zero attached hydrogens (tertiary/aromatic N) is 4. The number of nitrogens with two attached hydrogens (primary N) is 1. The van der Waals surface area contributed by atoms with Crippen molar-refractivity contribution in [2.24, 2.45) is 5.73 Å². The van der Waals surface area contributed by atoms with Gasteiger partial charge in [0.2, 0.25) is 0 Å². The Morgan fingerprint density at radius 3 is 2.57 bits per heavy atom. The van der Waals surface area contributed by atoms with Crippen LogP contribution in [0.4, 0.5) is 9.59 Å². The highest BCUT2D eigenvalue weighted by molar-refractivity contribution is 5.87. The number of primary amides is 1. The number of nitrogens with one attached hydrogen (secondary N) is 1.